The summed E-state index contributed by atoms with van der Waals surface area (Å²) in [6.07, 6.45) is 10.6. The Morgan fingerprint density at radius 1 is 1.25 bits per heavy atom. The predicted octanol–water partition coefficient (Wildman–Crippen LogP) is 4.45. The molecule has 0 bridgehead atoms. The van der Waals surface area contributed by atoms with E-state index in [1.54, 1.807) is 35.3 Å². The minimum absolute atomic E-state index is 0.0736. The highest BCUT2D eigenvalue weighted by atomic mass is 19.1. The summed E-state index contributed by atoms with van der Waals surface area (Å²) in [6.45, 7) is 1.53. The number of carbonyl (C=O) groups is 1. The van der Waals surface area contributed by atoms with Crippen molar-refractivity contribution in [3.05, 3.63) is 65.4 Å². The van der Waals surface area contributed by atoms with E-state index in [0.29, 0.717) is 12.1 Å². The molecular weight excluding hydrogens is 405 g/mol. The molecule has 2 aromatic heterocycles. The Bertz CT molecular complexity index is 1210. The summed E-state index contributed by atoms with van der Waals surface area (Å²) in [7, 11) is 1.87. The number of aryl methyl sites for hydroxylation is 1. The van der Waals surface area contributed by atoms with E-state index in [4.69, 9.17) is 0 Å². The van der Waals surface area contributed by atoms with Gasteiger partial charge >= 0.3 is 0 Å². The molecule has 2 fully saturated rings. The zero-order chi connectivity index (χ0) is 21.9. The van der Waals surface area contributed by atoms with Crippen LogP contribution in [0.2, 0.25) is 0 Å². The van der Waals surface area contributed by atoms with Gasteiger partial charge in [-0.1, -0.05) is 12.1 Å². The first kappa shape index (κ1) is 19.5. The van der Waals surface area contributed by atoms with Crippen LogP contribution in [0.1, 0.15) is 59.6 Å². The average Bonchev–Trinajstić information content (AvgIpc) is 3.34. The molecule has 4 heterocycles. The van der Waals surface area contributed by atoms with Crippen molar-refractivity contribution in [2.24, 2.45) is 7.05 Å². The van der Waals surface area contributed by atoms with Crippen molar-refractivity contribution in [3.63, 3.8) is 0 Å². The van der Waals surface area contributed by atoms with E-state index < -0.39 is 5.82 Å². The van der Waals surface area contributed by atoms with Gasteiger partial charge in [-0.3, -0.25) is 9.48 Å². The predicted molar refractivity (Wildman–Crippen MR) is 120 cm³/mol. The number of halogens is 1. The Hall–Kier alpha value is -3.22. The SMILES string of the molecule is Cn1cc([C@@H]2CCCCN2C(=O)c2cccc(-c3cnc4c(c3)C3(CC3)CN4)c2F)cn1. The molecule has 164 valence electrons. The number of anilines is 1. The Kier molecular flexibility index (Phi) is 4.35. The summed E-state index contributed by atoms with van der Waals surface area (Å²) in [5.41, 5.74) is 3.64. The van der Waals surface area contributed by atoms with E-state index in [-0.39, 0.29) is 22.9 Å². The summed E-state index contributed by atoms with van der Waals surface area (Å²) in [6, 6.07) is 7.09. The third kappa shape index (κ3) is 3.02. The molecule has 6 nitrogen and oxygen atoms in total. The van der Waals surface area contributed by atoms with Crippen molar-refractivity contribution in [1.82, 2.24) is 19.7 Å². The standard InChI is InChI=1S/C25H26FN5O/c1-30-14-17(13-29-30)21-7-2-3-10-31(21)24(32)19-6-4-5-18(22(19)26)16-11-20-23(27-12-16)28-15-25(20)8-9-25/h4-6,11-14,21H,2-3,7-10,15H2,1H3,(H,27,28)/t21-/m0/s1. The molecule has 2 aliphatic heterocycles. The molecule has 1 atom stereocenters. The van der Waals surface area contributed by atoms with Crippen LogP contribution in [0.4, 0.5) is 10.2 Å². The second-order valence-corrected chi connectivity index (χ2v) is 9.38. The van der Waals surface area contributed by atoms with Gasteiger partial charge in [0.2, 0.25) is 0 Å². The second-order valence-electron chi connectivity index (χ2n) is 9.38. The molecule has 1 amide bonds. The van der Waals surface area contributed by atoms with Gasteiger partial charge in [0.15, 0.2) is 0 Å². The van der Waals surface area contributed by atoms with Crippen molar-refractivity contribution in [1.29, 1.82) is 0 Å². The Labute approximate surface area is 186 Å². The Morgan fingerprint density at radius 2 is 2.12 bits per heavy atom. The largest absolute Gasteiger partial charge is 0.369 e. The van der Waals surface area contributed by atoms with Crippen molar-refractivity contribution >= 4 is 11.7 Å². The van der Waals surface area contributed by atoms with Gasteiger partial charge in [-0.15, -0.1) is 0 Å². The molecule has 1 aliphatic carbocycles. The summed E-state index contributed by atoms with van der Waals surface area (Å²) < 4.78 is 17.5. The molecule has 1 saturated carbocycles. The highest BCUT2D eigenvalue weighted by molar-refractivity contribution is 5.96. The minimum atomic E-state index is -0.467. The topological polar surface area (TPSA) is 63.1 Å². The number of likely N-dealkylation sites (tertiary alicyclic amines) is 1. The number of amides is 1. The van der Waals surface area contributed by atoms with Gasteiger partial charge in [-0.25, -0.2) is 9.37 Å². The Balaban J connectivity index is 1.35. The molecule has 1 N–H and O–H groups in total. The second kappa shape index (κ2) is 7.15. The summed E-state index contributed by atoms with van der Waals surface area (Å²) >= 11 is 0. The zero-order valence-corrected chi connectivity index (χ0v) is 18.1. The number of hydrogen-bond donors (Lipinski definition) is 1. The Morgan fingerprint density at radius 3 is 2.91 bits per heavy atom. The molecule has 3 aromatic rings. The van der Waals surface area contributed by atoms with Crippen LogP contribution in [-0.4, -0.2) is 38.7 Å². The maximum Gasteiger partial charge on any atom is 0.257 e. The monoisotopic (exact) mass is 431 g/mol. The molecular formula is C25H26FN5O. The lowest BCUT2D eigenvalue weighted by Crippen LogP contribution is -2.38. The number of pyridine rings is 1. The minimum Gasteiger partial charge on any atom is -0.369 e. The molecule has 1 saturated heterocycles. The van der Waals surface area contributed by atoms with Gasteiger partial charge in [0.25, 0.3) is 5.91 Å². The first-order valence-corrected chi connectivity index (χ1v) is 11.4. The van der Waals surface area contributed by atoms with Crippen LogP contribution in [-0.2, 0) is 12.5 Å². The van der Waals surface area contributed by atoms with E-state index in [0.717, 1.165) is 55.6 Å². The van der Waals surface area contributed by atoms with Gasteiger partial charge < -0.3 is 10.2 Å². The van der Waals surface area contributed by atoms with Crippen molar-refractivity contribution in [3.8, 4) is 11.1 Å². The van der Waals surface area contributed by atoms with Gasteiger partial charge in [0, 0.05) is 60.2 Å². The molecule has 0 unspecified atom stereocenters. The zero-order valence-electron chi connectivity index (χ0n) is 18.1. The highest BCUT2D eigenvalue weighted by Gasteiger charge is 2.49. The fourth-order valence-corrected chi connectivity index (χ4v) is 5.31. The van der Waals surface area contributed by atoms with Crippen molar-refractivity contribution < 1.29 is 9.18 Å². The van der Waals surface area contributed by atoms with Crippen LogP contribution in [0.25, 0.3) is 11.1 Å². The van der Waals surface area contributed by atoms with Gasteiger partial charge in [0.1, 0.15) is 11.6 Å². The molecule has 32 heavy (non-hydrogen) atoms. The average molecular weight is 432 g/mol. The van der Waals surface area contributed by atoms with Gasteiger partial charge in [0.05, 0.1) is 17.8 Å². The number of fused-ring (bicyclic) bond motifs is 2. The van der Waals surface area contributed by atoms with Crippen molar-refractivity contribution in [2.45, 2.75) is 43.6 Å². The van der Waals surface area contributed by atoms with Crippen LogP contribution in [0.3, 0.4) is 0 Å². The van der Waals surface area contributed by atoms with E-state index >= 15 is 4.39 Å². The number of carbonyl (C=O) groups excluding carboxylic acids is 1. The van der Waals surface area contributed by atoms with Crippen LogP contribution in [0.5, 0.6) is 0 Å². The molecule has 1 spiro atoms. The third-order valence-corrected chi connectivity index (χ3v) is 7.32. The third-order valence-electron chi connectivity index (χ3n) is 7.32. The number of hydrogen-bond acceptors (Lipinski definition) is 4. The molecule has 6 rings (SSSR count). The highest BCUT2D eigenvalue weighted by Crippen LogP contribution is 2.54. The lowest BCUT2D eigenvalue weighted by molar-refractivity contribution is 0.0607. The number of benzene rings is 1. The molecule has 0 radical (unpaired) electrons. The number of nitrogens with zero attached hydrogens (tertiary/aromatic N) is 4. The van der Waals surface area contributed by atoms with Gasteiger partial charge in [-0.2, -0.15) is 5.10 Å². The van der Waals surface area contributed by atoms with Crippen molar-refractivity contribution in [2.75, 3.05) is 18.4 Å². The normalized spacial score (nSPS) is 20.8. The number of aromatic nitrogens is 3. The van der Waals surface area contributed by atoms with E-state index in [9.17, 15) is 4.79 Å². The van der Waals surface area contributed by atoms with E-state index in [1.165, 1.54) is 5.56 Å². The van der Waals surface area contributed by atoms with Crippen LogP contribution < -0.4 is 5.32 Å². The van der Waals surface area contributed by atoms with Crippen LogP contribution in [0.15, 0.2) is 42.9 Å². The maximum atomic E-state index is 15.8. The number of nitrogens with one attached hydrogen (secondary N) is 1. The number of piperidine rings is 1. The smallest absolute Gasteiger partial charge is 0.257 e. The first-order chi connectivity index (χ1) is 15.6. The lowest BCUT2D eigenvalue weighted by atomic mass is 9.94. The molecule has 7 heteroatoms. The molecule has 3 aliphatic rings. The quantitative estimate of drug-likeness (QED) is 0.666. The number of rotatable bonds is 3. The summed E-state index contributed by atoms with van der Waals surface area (Å²) in [5.74, 6) is 0.185. The fourth-order valence-electron chi connectivity index (χ4n) is 5.31. The van der Waals surface area contributed by atoms with E-state index in [1.807, 2.05) is 18.1 Å². The first-order valence-electron chi connectivity index (χ1n) is 11.4. The fraction of sp³-hybridized carbons (Fsp3) is 0.400. The lowest BCUT2D eigenvalue weighted by Gasteiger charge is -2.35. The summed E-state index contributed by atoms with van der Waals surface area (Å²) in [5, 5.41) is 7.64. The molecule has 1 aromatic carbocycles. The maximum absolute atomic E-state index is 15.8. The van der Waals surface area contributed by atoms with Crippen LogP contribution in [0, 0.1) is 5.82 Å². The van der Waals surface area contributed by atoms with Gasteiger partial charge in [-0.05, 0) is 44.2 Å². The summed E-state index contributed by atoms with van der Waals surface area (Å²) in [4.78, 5) is 19.9. The van der Waals surface area contributed by atoms with E-state index in [2.05, 4.69) is 21.5 Å². The van der Waals surface area contributed by atoms with Crippen LogP contribution >= 0.6 is 0 Å².